The quantitative estimate of drug-likeness (QED) is 0.655. The number of rotatable bonds is 5. The number of hydrogen-bond donors (Lipinski definition) is 1. The van der Waals surface area contributed by atoms with Crippen molar-refractivity contribution in [1.82, 2.24) is 4.90 Å². The van der Waals surface area contributed by atoms with Crippen molar-refractivity contribution >= 4 is 18.7 Å². The minimum absolute atomic E-state index is 0.0991. The SMILES string of the molecule is CC(c1ccc(B2OC(C)(C)C(C)(C)O2)cc1)N1CCC(CC(C)(C)O)OC1=O.CCC. The Morgan fingerprint density at radius 2 is 1.62 bits per heavy atom. The van der Waals surface area contributed by atoms with Gasteiger partial charge in [-0.15, -0.1) is 0 Å². The molecular weight excluding hydrogens is 405 g/mol. The van der Waals surface area contributed by atoms with E-state index >= 15 is 0 Å². The molecule has 3 rings (SSSR count). The molecule has 2 atom stereocenters. The van der Waals surface area contributed by atoms with Crippen molar-refractivity contribution < 1.29 is 23.9 Å². The van der Waals surface area contributed by atoms with Gasteiger partial charge in [0.1, 0.15) is 6.10 Å². The lowest BCUT2D eigenvalue weighted by atomic mass is 9.78. The lowest BCUT2D eigenvalue weighted by Gasteiger charge is -2.37. The van der Waals surface area contributed by atoms with E-state index in [4.69, 9.17) is 14.0 Å². The van der Waals surface area contributed by atoms with Crippen molar-refractivity contribution in [1.29, 1.82) is 0 Å². The largest absolute Gasteiger partial charge is 0.494 e. The van der Waals surface area contributed by atoms with E-state index in [2.05, 4.69) is 13.8 Å². The van der Waals surface area contributed by atoms with Crippen molar-refractivity contribution in [2.45, 2.75) is 111 Å². The highest BCUT2D eigenvalue weighted by Gasteiger charge is 2.51. The van der Waals surface area contributed by atoms with Gasteiger partial charge in [0, 0.05) is 19.4 Å². The third kappa shape index (κ3) is 6.49. The van der Waals surface area contributed by atoms with E-state index in [9.17, 15) is 9.90 Å². The molecule has 0 bridgehead atoms. The Morgan fingerprint density at radius 3 is 2.06 bits per heavy atom. The number of cyclic esters (lactones) is 1. The van der Waals surface area contributed by atoms with Crippen LogP contribution in [0.5, 0.6) is 0 Å². The van der Waals surface area contributed by atoms with Crippen LogP contribution in [0.25, 0.3) is 0 Å². The summed E-state index contributed by atoms with van der Waals surface area (Å²) in [6.45, 7) is 18.5. The van der Waals surface area contributed by atoms with Gasteiger partial charge in [0.15, 0.2) is 0 Å². The summed E-state index contributed by atoms with van der Waals surface area (Å²) in [5, 5.41) is 9.96. The van der Waals surface area contributed by atoms with Gasteiger partial charge in [-0.1, -0.05) is 44.5 Å². The summed E-state index contributed by atoms with van der Waals surface area (Å²) in [4.78, 5) is 14.2. The molecule has 1 amide bonds. The van der Waals surface area contributed by atoms with Crippen LogP contribution in [0.2, 0.25) is 0 Å². The van der Waals surface area contributed by atoms with Gasteiger partial charge in [-0.3, -0.25) is 0 Å². The van der Waals surface area contributed by atoms with Crippen molar-refractivity contribution in [3.8, 4) is 0 Å². The van der Waals surface area contributed by atoms with Gasteiger partial charge in [0.2, 0.25) is 0 Å². The number of amides is 1. The molecule has 1 aromatic carbocycles. The van der Waals surface area contributed by atoms with Crippen LogP contribution in [0.15, 0.2) is 24.3 Å². The molecule has 0 spiro atoms. The highest BCUT2D eigenvalue weighted by molar-refractivity contribution is 6.62. The summed E-state index contributed by atoms with van der Waals surface area (Å²) in [5.74, 6) is 0. The van der Waals surface area contributed by atoms with Crippen molar-refractivity contribution in [3.05, 3.63) is 29.8 Å². The fourth-order valence-electron chi connectivity index (χ4n) is 3.79. The second-order valence-electron chi connectivity index (χ2n) is 10.6. The maximum Gasteiger partial charge on any atom is 0.494 e. The average Bonchev–Trinajstić information content (AvgIpc) is 2.88. The number of ether oxygens (including phenoxy) is 1. The lowest BCUT2D eigenvalue weighted by Crippen LogP contribution is -2.45. The predicted octanol–water partition coefficient (Wildman–Crippen LogP) is 4.84. The van der Waals surface area contributed by atoms with Crippen LogP contribution in [0.4, 0.5) is 4.79 Å². The first-order valence-electron chi connectivity index (χ1n) is 11.9. The van der Waals surface area contributed by atoms with E-state index in [0.717, 1.165) is 11.0 Å². The van der Waals surface area contributed by atoms with E-state index in [0.29, 0.717) is 19.4 Å². The summed E-state index contributed by atoms with van der Waals surface area (Å²) in [7, 11) is -0.396. The average molecular weight is 447 g/mol. The molecule has 2 aliphatic heterocycles. The molecule has 2 unspecified atom stereocenters. The summed E-state index contributed by atoms with van der Waals surface area (Å²) < 4.78 is 17.8. The maximum atomic E-state index is 12.5. The fraction of sp³-hybridized carbons (Fsp3) is 0.720. The van der Waals surface area contributed by atoms with Crippen LogP contribution in [0.3, 0.4) is 0 Å². The number of aliphatic hydroxyl groups is 1. The Morgan fingerprint density at radius 1 is 1.12 bits per heavy atom. The number of benzene rings is 1. The molecule has 0 aliphatic carbocycles. The van der Waals surface area contributed by atoms with E-state index in [1.165, 1.54) is 6.42 Å². The second-order valence-corrected chi connectivity index (χ2v) is 10.6. The standard InChI is InChI=1S/C22H34BNO5.C3H8/c1-15(24-13-12-18(27-19(24)25)14-20(2,3)26)16-8-10-17(11-9-16)23-28-21(4,5)22(6,7)29-23;1-3-2/h8-11,15,18,26H,12-14H2,1-7H3;3H2,1-2H3. The normalized spacial score (nSPS) is 23.3. The van der Waals surface area contributed by atoms with Gasteiger partial charge in [-0.05, 0) is 59.5 Å². The van der Waals surface area contributed by atoms with Gasteiger partial charge in [0.25, 0.3) is 0 Å². The smallest absolute Gasteiger partial charge is 0.446 e. The Hall–Kier alpha value is -1.57. The molecule has 32 heavy (non-hydrogen) atoms. The Labute approximate surface area is 194 Å². The van der Waals surface area contributed by atoms with Crippen molar-refractivity contribution in [2.75, 3.05) is 6.54 Å². The van der Waals surface area contributed by atoms with Gasteiger partial charge >= 0.3 is 13.2 Å². The molecule has 2 fully saturated rings. The molecule has 0 aromatic heterocycles. The zero-order valence-corrected chi connectivity index (χ0v) is 21.4. The number of carbonyl (C=O) groups excluding carboxylic acids is 1. The van der Waals surface area contributed by atoms with Gasteiger partial charge in [0.05, 0.1) is 22.8 Å². The number of hydrogen-bond acceptors (Lipinski definition) is 5. The van der Waals surface area contributed by atoms with Crippen molar-refractivity contribution in [2.24, 2.45) is 0 Å². The van der Waals surface area contributed by atoms with E-state index in [-0.39, 0.29) is 29.4 Å². The van der Waals surface area contributed by atoms with Gasteiger partial charge in [-0.25, -0.2) is 4.79 Å². The van der Waals surface area contributed by atoms with Crippen LogP contribution in [-0.2, 0) is 14.0 Å². The highest BCUT2D eigenvalue weighted by atomic mass is 16.7. The van der Waals surface area contributed by atoms with Crippen LogP contribution < -0.4 is 5.46 Å². The zero-order valence-electron chi connectivity index (χ0n) is 21.4. The first-order chi connectivity index (χ1) is 14.7. The molecule has 1 N–H and O–H groups in total. The molecule has 2 saturated heterocycles. The van der Waals surface area contributed by atoms with Crippen molar-refractivity contribution in [3.63, 3.8) is 0 Å². The zero-order chi connectivity index (χ0) is 24.3. The molecule has 7 heteroatoms. The monoisotopic (exact) mass is 447 g/mol. The molecule has 0 radical (unpaired) electrons. The topological polar surface area (TPSA) is 68.2 Å². The van der Waals surface area contributed by atoms with Gasteiger partial charge < -0.3 is 24.1 Å². The van der Waals surface area contributed by atoms with Crippen LogP contribution in [0, 0.1) is 0 Å². The third-order valence-corrected chi connectivity index (χ3v) is 6.33. The fourth-order valence-corrected chi connectivity index (χ4v) is 3.79. The molecule has 2 aliphatic rings. The number of nitrogens with zero attached hydrogens (tertiary/aromatic N) is 1. The molecular formula is C25H42BNO5. The Balaban J connectivity index is 0.00000114. The molecule has 2 heterocycles. The summed E-state index contributed by atoms with van der Waals surface area (Å²) in [6.07, 6.45) is 1.85. The minimum atomic E-state index is -0.845. The van der Waals surface area contributed by atoms with E-state index < -0.39 is 12.7 Å². The maximum absolute atomic E-state index is 12.5. The highest BCUT2D eigenvalue weighted by Crippen LogP contribution is 2.36. The first kappa shape index (κ1) is 26.7. The van der Waals surface area contributed by atoms with Gasteiger partial charge in [-0.2, -0.15) is 0 Å². The number of carbonyl (C=O) groups is 1. The third-order valence-electron chi connectivity index (χ3n) is 6.33. The van der Waals surface area contributed by atoms with E-state index in [1.54, 1.807) is 18.7 Å². The lowest BCUT2D eigenvalue weighted by molar-refractivity contribution is -0.0309. The second kappa shape index (κ2) is 10.1. The van der Waals surface area contributed by atoms with E-state index in [1.807, 2.05) is 58.9 Å². The summed E-state index contributed by atoms with van der Waals surface area (Å²) in [5.41, 5.74) is 0.401. The molecule has 0 saturated carbocycles. The Bertz CT molecular complexity index is 741. The molecule has 180 valence electrons. The van der Waals surface area contributed by atoms with Crippen LogP contribution in [-0.4, -0.2) is 52.7 Å². The predicted molar refractivity (Wildman–Crippen MR) is 129 cm³/mol. The summed E-state index contributed by atoms with van der Waals surface area (Å²) in [6, 6.07) is 7.93. The molecule has 6 nitrogen and oxygen atoms in total. The minimum Gasteiger partial charge on any atom is -0.446 e. The first-order valence-corrected chi connectivity index (χ1v) is 11.9. The summed E-state index contributed by atoms with van der Waals surface area (Å²) >= 11 is 0. The Kier molecular flexibility index (Phi) is 8.46. The van der Waals surface area contributed by atoms with Crippen LogP contribution >= 0.6 is 0 Å². The van der Waals surface area contributed by atoms with Crippen LogP contribution in [0.1, 0.15) is 93.2 Å². The molecule has 1 aromatic rings.